The molecule has 2 heterocycles. The summed E-state index contributed by atoms with van der Waals surface area (Å²) in [6, 6.07) is 0.163. The van der Waals surface area contributed by atoms with E-state index < -0.39 is 0 Å². The summed E-state index contributed by atoms with van der Waals surface area (Å²) >= 11 is 0. The maximum Gasteiger partial charge on any atom is 0.220 e. The lowest BCUT2D eigenvalue weighted by atomic mass is 10.1. The van der Waals surface area contributed by atoms with E-state index in [-0.39, 0.29) is 11.9 Å². The molecule has 0 saturated carbocycles. The summed E-state index contributed by atoms with van der Waals surface area (Å²) in [5.74, 6) is 1.95. The molecule has 1 aliphatic rings. The SMILES string of the molecule is CNc1ncnc(NC2CCC(=O)NC2)c1OC. The number of anilines is 2. The highest BCUT2D eigenvalue weighted by atomic mass is 16.5. The number of carbonyl (C=O) groups excluding carboxylic acids is 1. The van der Waals surface area contributed by atoms with Gasteiger partial charge in [0, 0.05) is 26.1 Å². The lowest BCUT2D eigenvalue weighted by Gasteiger charge is -2.24. The first kappa shape index (κ1) is 12.4. The predicted molar refractivity (Wildman–Crippen MR) is 67.8 cm³/mol. The van der Waals surface area contributed by atoms with E-state index in [0.29, 0.717) is 30.4 Å². The van der Waals surface area contributed by atoms with Crippen molar-refractivity contribution in [1.29, 1.82) is 0 Å². The standard InChI is InChI=1S/C11H17N5O2/c1-12-10-9(18-2)11(15-6-14-10)16-7-3-4-8(17)13-5-7/h6-7H,3-5H2,1-2H3,(H,13,17)(H2,12,14,15,16). The predicted octanol–water partition coefficient (Wildman–Crippen LogP) is 0.217. The van der Waals surface area contributed by atoms with Crippen molar-refractivity contribution in [2.24, 2.45) is 0 Å². The van der Waals surface area contributed by atoms with Crippen LogP contribution in [0.25, 0.3) is 0 Å². The van der Waals surface area contributed by atoms with Gasteiger partial charge in [-0.15, -0.1) is 0 Å². The van der Waals surface area contributed by atoms with Crippen LogP contribution >= 0.6 is 0 Å². The van der Waals surface area contributed by atoms with Crippen LogP contribution in [0.2, 0.25) is 0 Å². The first-order valence-electron chi connectivity index (χ1n) is 5.84. The highest BCUT2D eigenvalue weighted by Crippen LogP contribution is 2.29. The second-order valence-electron chi connectivity index (χ2n) is 4.04. The lowest BCUT2D eigenvalue weighted by molar-refractivity contribution is -0.122. The summed E-state index contributed by atoms with van der Waals surface area (Å²) in [5.41, 5.74) is 0. The number of nitrogens with one attached hydrogen (secondary N) is 3. The number of hydrogen-bond donors (Lipinski definition) is 3. The van der Waals surface area contributed by atoms with Crippen LogP contribution in [0.4, 0.5) is 11.6 Å². The third-order valence-electron chi connectivity index (χ3n) is 2.85. The summed E-state index contributed by atoms with van der Waals surface area (Å²) in [6.45, 7) is 0.598. The van der Waals surface area contributed by atoms with Crippen molar-refractivity contribution in [1.82, 2.24) is 15.3 Å². The van der Waals surface area contributed by atoms with Crippen molar-refractivity contribution in [3.05, 3.63) is 6.33 Å². The number of methoxy groups -OCH3 is 1. The first-order valence-corrected chi connectivity index (χ1v) is 5.84. The van der Waals surface area contributed by atoms with E-state index in [2.05, 4.69) is 25.9 Å². The smallest absolute Gasteiger partial charge is 0.220 e. The molecular weight excluding hydrogens is 234 g/mol. The molecule has 0 aliphatic carbocycles. The van der Waals surface area contributed by atoms with Gasteiger partial charge in [0.15, 0.2) is 11.6 Å². The fourth-order valence-electron chi connectivity index (χ4n) is 1.90. The van der Waals surface area contributed by atoms with Gasteiger partial charge >= 0.3 is 0 Å². The Hall–Kier alpha value is -2.05. The Labute approximate surface area is 105 Å². The number of amides is 1. The molecule has 7 nitrogen and oxygen atoms in total. The zero-order valence-corrected chi connectivity index (χ0v) is 10.5. The zero-order chi connectivity index (χ0) is 13.0. The topological polar surface area (TPSA) is 88.2 Å². The minimum atomic E-state index is 0.0959. The maximum atomic E-state index is 11.1. The second-order valence-corrected chi connectivity index (χ2v) is 4.04. The van der Waals surface area contributed by atoms with Crippen molar-refractivity contribution in [2.75, 3.05) is 31.3 Å². The Kier molecular flexibility index (Phi) is 3.81. The Bertz CT molecular complexity index is 427. The number of rotatable bonds is 4. The van der Waals surface area contributed by atoms with Crippen LogP contribution in [0.5, 0.6) is 5.75 Å². The molecule has 1 aromatic rings. The zero-order valence-electron chi connectivity index (χ0n) is 10.5. The van der Waals surface area contributed by atoms with E-state index >= 15 is 0 Å². The largest absolute Gasteiger partial charge is 0.490 e. The van der Waals surface area contributed by atoms with Gasteiger partial charge in [-0.05, 0) is 6.42 Å². The van der Waals surface area contributed by atoms with Crippen LogP contribution in [-0.4, -0.2) is 42.6 Å². The van der Waals surface area contributed by atoms with Gasteiger partial charge in [0.05, 0.1) is 7.11 Å². The quantitative estimate of drug-likeness (QED) is 0.709. The number of aromatic nitrogens is 2. The molecule has 1 amide bonds. The molecule has 1 fully saturated rings. The molecule has 1 saturated heterocycles. The van der Waals surface area contributed by atoms with E-state index in [4.69, 9.17) is 4.74 Å². The van der Waals surface area contributed by atoms with Crippen molar-refractivity contribution in [2.45, 2.75) is 18.9 Å². The van der Waals surface area contributed by atoms with Crippen LogP contribution in [0, 0.1) is 0 Å². The molecule has 0 radical (unpaired) electrons. The molecule has 0 bridgehead atoms. The van der Waals surface area contributed by atoms with Gasteiger partial charge in [-0.2, -0.15) is 0 Å². The van der Waals surface area contributed by atoms with Crippen LogP contribution < -0.4 is 20.7 Å². The fraction of sp³-hybridized carbons (Fsp3) is 0.545. The highest BCUT2D eigenvalue weighted by molar-refractivity contribution is 5.77. The molecule has 2 rings (SSSR count). The Morgan fingerprint density at radius 3 is 2.83 bits per heavy atom. The molecule has 7 heteroatoms. The third-order valence-corrected chi connectivity index (χ3v) is 2.85. The molecule has 1 aliphatic heterocycles. The minimum Gasteiger partial charge on any atom is -0.490 e. The molecule has 1 atom stereocenters. The number of hydrogen-bond acceptors (Lipinski definition) is 6. The number of ether oxygens (including phenoxy) is 1. The van der Waals surface area contributed by atoms with E-state index in [9.17, 15) is 4.79 Å². The van der Waals surface area contributed by atoms with E-state index in [0.717, 1.165) is 6.42 Å². The average molecular weight is 251 g/mol. The number of nitrogens with zero attached hydrogens (tertiary/aromatic N) is 2. The first-order chi connectivity index (χ1) is 8.74. The molecule has 3 N–H and O–H groups in total. The lowest BCUT2D eigenvalue weighted by Crippen LogP contribution is -2.42. The van der Waals surface area contributed by atoms with Crippen LogP contribution in [-0.2, 0) is 4.79 Å². The molecule has 98 valence electrons. The third kappa shape index (κ3) is 2.61. The summed E-state index contributed by atoms with van der Waals surface area (Å²) in [7, 11) is 3.35. The second kappa shape index (κ2) is 5.52. The molecular formula is C11H17N5O2. The maximum absolute atomic E-state index is 11.1. The van der Waals surface area contributed by atoms with Gasteiger partial charge in [-0.1, -0.05) is 0 Å². The van der Waals surface area contributed by atoms with Crippen LogP contribution in [0.1, 0.15) is 12.8 Å². The summed E-state index contributed by atoms with van der Waals surface area (Å²) in [5, 5.41) is 9.03. The van der Waals surface area contributed by atoms with Crippen molar-refractivity contribution in [3.8, 4) is 5.75 Å². The Balaban J connectivity index is 2.11. The molecule has 1 aromatic heterocycles. The van der Waals surface area contributed by atoms with E-state index in [1.807, 2.05) is 0 Å². The van der Waals surface area contributed by atoms with Crippen molar-refractivity contribution in [3.63, 3.8) is 0 Å². The molecule has 0 spiro atoms. The van der Waals surface area contributed by atoms with Gasteiger partial charge in [-0.3, -0.25) is 4.79 Å². The molecule has 1 unspecified atom stereocenters. The number of carbonyl (C=O) groups is 1. The van der Waals surface area contributed by atoms with Gasteiger partial charge in [0.25, 0.3) is 0 Å². The number of piperidine rings is 1. The van der Waals surface area contributed by atoms with E-state index in [1.165, 1.54) is 6.33 Å². The molecule has 0 aromatic carbocycles. The van der Waals surface area contributed by atoms with Crippen LogP contribution in [0.3, 0.4) is 0 Å². The monoisotopic (exact) mass is 251 g/mol. The van der Waals surface area contributed by atoms with E-state index in [1.54, 1.807) is 14.2 Å². The summed E-state index contributed by atoms with van der Waals surface area (Å²) in [6.07, 6.45) is 2.79. The Morgan fingerprint density at radius 1 is 1.44 bits per heavy atom. The summed E-state index contributed by atoms with van der Waals surface area (Å²) in [4.78, 5) is 19.3. The van der Waals surface area contributed by atoms with Gasteiger partial charge in [0.2, 0.25) is 11.7 Å². The summed E-state index contributed by atoms with van der Waals surface area (Å²) < 4.78 is 5.29. The molecule has 18 heavy (non-hydrogen) atoms. The van der Waals surface area contributed by atoms with Gasteiger partial charge in [0.1, 0.15) is 6.33 Å². The van der Waals surface area contributed by atoms with Crippen LogP contribution in [0.15, 0.2) is 6.33 Å². The normalized spacial score (nSPS) is 19.0. The van der Waals surface area contributed by atoms with Gasteiger partial charge < -0.3 is 20.7 Å². The Morgan fingerprint density at radius 2 is 2.22 bits per heavy atom. The highest BCUT2D eigenvalue weighted by Gasteiger charge is 2.20. The average Bonchev–Trinajstić information content (AvgIpc) is 2.41. The van der Waals surface area contributed by atoms with Crippen molar-refractivity contribution >= 4 is 17.5 Å². The van der Waals surface area contributed by atoms with Crippen molar-refractivity contribution < 1.29 is 9.53 Å². The fourth-order valence-corrected chi connectivity index (χ4v) is 1.90. The van der Waals surface area contributed by atoms with Gasteiger partial charge in [-0.25, -0.2) is 9.97 Å². The minimum absolute atomic E-state index is 0.0959.